The van der Waals surface area contributed by atoms with Gasteiger partial charge in [-0.2, -0.15) is 0 Å². The van der Waals surface area contributed by atoms with E-state index >= 15 is 0 Å². The smallest absolute Gasteiger partial charge is 0.352 e. The molecule has 0 aromatic rings. The molecule has 0 rings (SSSR count). The standard InChI is InChI=1S/CH5O2Si/c1-4(2)3/h2,4H,1H3. The van der Waals surface area contributed by atoms with Crippen LogP contribution in [0, 0.1) is 0 Å². The minimum atomic E-state index is -2.39. The molecule has 4 heavy (non-hydrogen) atoms. The van der Waals surface area contributed by atoms with Crippen LogP contribution in [0.2, 0.25) is 6.55 Å². The van der Waals surface area contributed by atoms with Crippen molar-refractivity contribution in [3.8, 4) is 0 Å². The van der Waals surface area contributed by atoms with E-state index in [0.29, 0.717) is 0 Å². The third-order valence-electron chi connectivity index (χ3n) is 0. The van der Waals surface area contributed by atoms with Gasteiger partial charge in [-0.1, -0.05) is 0 Å². The Morgan fingerprint density at radius 1 is 2.00 bits per heavy atom. The fraction of sp³-hybridized carbons (Fsp3) is 1.00. The average molecular weight is 77.1 g/mol. The van der Waals surface area contributed by atoms with E-state index in [2.05, 4.69) is 0 Å². The SMILES string of the molecule is C[SiH]([O])O. The highest BCUT2D eigenvalue weighted by Crippen LogP contribution is 1.53. The zero-order valence-electron chi connectivity index (χ0n) is 2.43. The van der Waals surface area contributed by atoms with E-state index in [1.54, 1.807) is 0 Å². The Kier molecular flexibility index (Phi) is 1.51. The van der Waals surface area contributed by atoms with Crippen LogP contribution in [0.5, 0.6) is 0 Å². The Balaban J connectivity index is 2.32. The molecule has 2 nitrogen and oxygen atoms in total. The van der Waals surface area contributed by atoms with Crippen LogP contribution in [-0.4, -0.2) is 14.1 Å². The summed E-state index contributed by atoms with van der Waals surface area (Å²) in [5.74, 6) is 0. The van der Waals surface area contributed by atoms with Crippen LogP contribution in [0.1, 0.15) is 0 Å². The molecular weight excluding hydrogens is 72.1 g/mol. The van der Waals surface area contributed by atoms with Crippen molar-refractivity contribution in [3.05, 3.63) is 0 Å². The molecular formula is CH5O2Si. The van der Waals surface area contributed by atoms with E-state index in [-0.39, 0.29) is 0 Å². The predicted octanol–water partition coefficient (Wildman–Crippen LogP) is -0.741. The van der Waals surface area contributed by atoms with Gasteiger partial charge >= 0.3 is 9.28 Å². The first-order valence-electron chi connectivity index (χ1n) is 1.07. The lowest BCUT2D eigenvalue weighted by Gasteiger charge is -1.71. The second-order valence-electron chi connectivity index (χ2n) is 0.599. The summed E-state index contributed by atoms with van der Waals surface area (Å²) < 4.78 is 0. The number of hydrogen-bond acceptors (Lipinski definition) is 1. The summed E-state index contributed by atoms with van der Waals surface area (Å²) in [5.41, 5.74) is 0. The molecule has 0 aromatic heterocycles. The lowest BCUT2D eigenvalue weighted by Crippen LogP contribution is -1.97. The lowest BCUT2D eigenvalue weighted by atomic mass is 11.9. The van der Waals surface area contributed by atoms with Crippen LogP contribution < -0.4 is 0 Å². The maximum atomic E-state index is 9.22. The largest absolute Gasteiger partial charge is 0.411 e. The van der Waals surface area contributed by atoms with Gasteiger partial charge in [-0.05, 0) is 6.55 Å². The summed E-state index contributed by atoms with van der Waals surface area (Å²) >= 11 is 0. The van der Waals surface area contributed by atoms with Crippen LogP contribution in [0.3, 0.4) is 0 Å². The van der Waals surface area contributed by atoms with Crippen molar-refractivity contribution in [3.63, 3.8) is 0 Å². The van der Waals surface area contributed by atoms with Gasteiger partial charge in [0.2, 0.25) is 0 Å². The fourth-order valence-electron chi connectivity index (χ4n) is 0. The van der Waals surface area contributed by atoms with Crippen molar-refractivity contribution in [1.82, 2.24) is 0 Å². The Hall–Kier alpha value is 0.137. The van der Waals surface area contributed by atoms with Crippen molar-refractivity contribution < 1.29 is 9.59 Å². The molecule has 0 bridgehead atoms. The minimum Gasteiger partial charge on any atom is -0.411 e. The fourth-order valence-corrected chi connectivity index (χ4v) is 0. The summed E-state index contributed by atoms with van der Waals surface area (Å²) in [6, 6.07) is 0. The first-order chi connectivity index (χ1) is 1.73. The maximum absolute atomic E-state index is 9.22. The Labute approximate surface area is 26.6 Å². The second-order valence-corrected chi connectivity index (χ2v) is 1.80. The zero-order chi connectivity index (χ0) is 3.58. The number of hydrogen-bond donors (Lipinski definition) is 1. The molecule has 0 heterocycles. The molecule has 25 valence electrons. The topological polar surface area (TPSA) is 40.1 Å². The van der Waals surface area contributed by atoms with E-state index in [9.17, 15) is 4.80 Å². The van der Waals surface area contributed by atoms with Crippen LogP contribution in [0.15, 0.2) is 0 Å². The van der Waals surface area contributed by atoms with Gasteiger partial charge in [-0.25, -0.2) is 0 Å². The third-order valence-corrected chi connectivity index (χ3v) is 0. The van der Waals surface area contributed by atoms with Crippen LogP contribution >= 0.6 is 0 Å². The Morgan fingerprint density at radius 2 is 2.00 bits per heavy atom. The van der Waals surface area contributed by atoms with Gasteiger partial charge in [-0.3, -0.25) is 4.80 Å². The molecule has 0 fully saturated rings. The van der Waals surface area contributed by atoms with Crippen molar-refractivity contribution in [2.45, 2.75) is 6.55 Å². The van der Waals surface area contributed by atoms with Crippen LogP contribution in [-0.2, 0) is 4.80 Å². The Morgan fingerprint density at radius 3 is 2.00 bits per heavy atom. The minimum absolute atomic E-state index is 1.31. The predicted molar refractivity (Wildman–Crippen MR) is 15.9 cm³/mol. The lowest BCUT2D eigenvalue weighted by molar-refractivity contribution is 0.344. The molecule has 1 N–H and O–H groups in total. The van der Waals surface area contributed by atoms with Gasteiger partial charge < -0.3 is 4.80 Å². The molecule has 1 radical (unpaired) electrons. The van der Waals surface area contributed by atoms with E-state index < -0.39 is 9.28 Å². The quantitative estimate of drug-likeness (QED) is 0.380. The summed E-state index contributed by atoms with van der Waals surface area (Å²) in [4.78, 5) is 16.9. The van der Waals surface area contributed by atoms with Crippen LogP contribution in [0.25, 0.3) is 0 Å². The summed E-state index contributed by atoms with van der Waals surface area (Å²) in [7, 11) is -2.39. The molecule has 1 unspecified atom stereocenters. The monoisotopic (exact) mass is 77.0 g/mol. The molecule has 0 aliphatic heterocycles. The van der Waals surface area contributed by atoms with E-state index in [1.807, 2.05) is 0 Å². The van der Waals surface area contributed by atoms with Crippen molar-refractivity contribution in [1.29, 1.82) is 0 Å². The normalized spacial score (nSPS) is 9.00. The molecule has 0 aliphatic carbocycles. The van der Waals surface area contributed by atoms with Gasteiger partial charge in [0.15, 0.2) is 0 Å². The van der Waals surface area contributed by atoms with Crippen LogP contribution in [0.4, 0.5) is 0 Å². The third kappa shape index (κ3) is 147. The highest BCUT2D eigenvalue weighted by Gasteiger charge is 1.82. The van der Waals surface area contributed by atoms with E-state index in [0.717, 1.165) is 0 Å². The molecule has 0 aliphatic rings. The highest BCUT2D eigenvalue weighted by molar-refractivity contribution is 6.38. The zero-order valence-corrected chi connectivity index (χ0v) is 3.59. The summed E-state index contributed by atoms with van der Waals surface area (Å²) in [5, 5.41) is 0. The molecule has 0 saturated carbocycles. The Bertz CT molecular complexity index is 10.8. The van der Waals surface area contributed by atoms with E-state index in [1.165, 1.54) is 6.55 Å². The van der Waals surface area contributed by atoms with Gasteiger partial charge in [-0.15, -0.1) is 0 Å². The second kappa shape index (κ2) is 1.46. The first-order valence-corrected chi connectivity index (χ1v) is 3.21. The molecule has 1 atom stereocenters. The van der Waals surface area contributed by atoms with Gasteiger partial charge in [0, 0.05) is 0 Å². The van der Waals surface area contributed by atoms with Crippen molar-refractivity contribution in [2.24, 2.45) is 0 Å². The average Bonchev–Trinajstić information content (AvgIpc) is 0.811. The van der Waals surface area contributed by atoms with Crippen molar-refractivity contribution in [2.75, 3.05) is 0 Å². The molecule has 0 amide bonds. The molecule has 0 aromatic carbocycles. The summed E-state index contributed by atoms with van der Waals surface area (Å²) in [6.45, 7) is 1.31. The molecule has 0 saturated heterocycles. The molecule has 0 spiro atoms. The van der Waals surface area contributed by atoms with Crippen molar-refractivity contribution >= 4 is 9.28 Å². The van der Waals surface area contributed by atoms with Gasteiger partial charge in [0.25, 0.3) is 0 Å². The first kappa shape index (κ1) is 4.14. The van der Waals surface area contributed by atoms with Gasteiger partial charge in [0.05, 0.1) is 0 Å². The summed E-state index contributed by atoms with van der Waals surface area (Å²) in [6.07, 6.45) is 0. The van der Waals surface area contributed by atoms with E-state index in [4.69, 9.17) is 4.80 Å². The maximum Gasteiger partial charge on any atom is 0.352 e. The number of rotatable bonds is 0. The molecule has 3 heteroatoms. The van der Waals surface area contributed by atoms with Gasteiger partial charge in [0.1, 0.15) is 0 Å². The highest BCUT2D eigenvalue weighted by atomic mass is 28.3.